The lowest BCUT2D eigenvalue weighted by Gasteiger charge is -2.32. The van der Waals surface area contributed by atoms with Crippen molar-refractivity contribution in [2.45, 2.75) is 71.1 Å². The molecule has 2 heterocycles. The molecule has 4 rings (SSSR count). The Hall–Kier alpha value is -2.63. The van der Waals surface area contributed by atoms with Crippen LogP contribution in [0.4, 0.5) is 0 Å². The Labute approximate surface area is 217 Å². The molecule has 0 spiro atoms. The molecule has 2 unspecified atom stereocenters. The fourth-order valence-electron chi connectivity index (χ4n) is 5.94. The van der Waals surface area contributed by atoms with Crippen molar-refractivity contribution in [3.8, 4) is 0 Å². The fraction of sp³-hybridized carbons (Fsp3) is 0.633. The average Bonchev–Trinajstić information content (AvgIpc) is 3.36. The molecular formula is C30H44N4O2. The number of likely N-dealkylation sites (tertiary alicyclic amines) is 2. The quantitative estimate of drug-likeness (QED) is 0.184. The van der Waals surface area contributed by atoms with Crippen LogP contribution in [0.2, 0.25) is 0 Å². The van der Waals surface area contributed by atoms with Crippen LogP contribution in [-0.4, -0.2) is 61.2 Å². The summed E-state index contributed by atoms with van der Waals surface area (Å²) in [6.45, 7) is 13.9. The molecule has 0 radical (unpaired) electrons. The third-order valence-corrected chi connectivity index (χ3v) is 8.25. The summed E-state index contributed by atoms with van der Waals surface area (Å²) in [6, 6.07) is 0.629. The third kappa shape index (κ3) is 6.98. The molecule has 4 aliphatic rings. The van der Waals surface area contributed by atoms with Gasteiger partial charge in [0.25, 0.3) is 0 Å². The molecule has 6 nitrogen and oxygen atoms in total. The molecule has 196 valence electrons. The Balaban J connectivity index is 1.17. The highest BCUT2D eigenvalue weighted by Gasteiger charge is 2.30. The summed E-state index contributed by atoms with van der Waals surface area (Å²) in [7, 11) is 0. The minimum Gasteiger partial charge on any atom is -0.338 e. The van der Waals surface area contributed by atoms with Crippen molar-refractivity contribution in [2.75, 3.05) is 32.7 Å². The summed E-state index contributed by atoms with van der Waals surface area (Å²) in [5.74, 6) is 1.77. The monoisotopic (exact) mass is 492 g/mol. The van der Waals surface area contributed by atoms with Gasteiger partial charge < -0.3 is 14.6 Å². The average molecular weight is 493 g/mol. The van der Waals surface area contributed by atoms with E-state index < -0.39 is 0 Å². The van der Waals surface area contributed by atoms with Gasteiger partial charge in [-0.3, -0.25) is 4.79 Å². The topological polar surface area (TPSA) is 57.5 Å². The van der Waals surface area contributed by atoms with Crippen molar-refractivity contribution in [3.05, 3.63) is 47.6 Å². The molecule has 0 aromatic heterocycles. The Bertz CT molecular complexity index is 923. The van der Waals surface area contributed by atoms with Gasteiger partial charge in [-0.1, -0.05) is 59.7 Å². The van der Waals surface area contributed by atoms with Gasteiger partial charge in [-0.2, -0.15) is 0 Å². The predicted molar refractivity (Wildman–Crippen MR) is 148 cm³/mol. The summed E-state index contributed by atoms with van der Waals surface area (Å²) < 4.78 is 0. The first-order chi connectivity index (χ1) is 17.6. The summed E-state index contributed by atoms with van der Waals surface area (Å²) in [5, 5.41) is 3.59. The Morgan fingerprint density at radius 2 is 1.94 bits per heavy atom. The molecule has 0 bridgehead atoms. The fourth-order valence-corrected chi connectivity index (χ4v) is 5.94. The number of piperidine rings is 1. The first-order valence-corrected chi connectivity index (χ1v) is 14.0. The smallest absolute Gasteiger partial charge is 0.317 e. The van der Waals surface area contributed by atoms with E-state index in [2.05, 4.69) is 59.6 Å². The van der Waals surface area contributed by atoms with E-state index in [9.17, 15) is 4.79 Å². The number of aliphatic imine (C=N–C) groups is 1. The number of carbonyl (C=O) groups excluding carboxylic acids is 1. The van der Waals surface area contributed by atoms with Gasteiger partial charge in [0.1, 0.15) is 0 Å². The van der Waals surface area contributed by atoms with Crippen LogP contribution in [0.25, 0.3) is 0 Å². The van der Waals surface area contributed by atoms with Gasteiger partial charge in [0.05, 0.1) is 0 Å². The van der Waals surface area contributed by atoms with Crippen molar-refractivity contribution in [2.24, 2.45) is 27.9 Å². The first kappa shape index (κ1) is 26.4. The van der Waals surface area contributed by atoms with Crippen molar-refractivity contribution in [1.29, 1.82) is 0 Å². The molecule has 6 heteroatoms. The van der Waals surface area contributed by atoms with E-state index >= 15 is 0 Å². The lowest BCUT2D eigenvalue weighted by Crippen LogP contribution is -2.39. The number of amidine groups is 1. The summed E-state index contributed by atoms with van der Waals surface area (Å²) in [5.41, 5.74) is 4.20. The molecule has 0 N–H and O–H groups in total. The maximum Gasteiger partial charge on any atom is 0.317 e. The largest absolute Gasteiger partial charge is 0.338 e. The standard InChI is InChI=1S/C30H44N4O2/c1-4-18-32-30(36-31-3)33-20-16-25(17-21-33)6-5-24-7-9-26(10-8-24)27-11-13-28(14-12-27)29(35)34-19-15-23(2)22-34/h7-9,11,25-26,28H,2-6,10,12-22H2,1H3. The van der Waals surface area contributed by atoms with Crippen molar-refractivity contribution in [1.82, 2.24) is 9.80 Å². The van der Waals surface area contributed by atoms with Gasteiger partial charge in [0, 0.05) is 51.3 Å². The van der Waals surface area contributed by atoms with Crippen LogP contribution >= 0.6 is 0 Å². The van der Waals surface area contributed by atoms with Gasteiger partial charge in [-0.05, 0) is 70.1 Å². The number of carbonyl (C=O) groups is 1. The van der Waals surface area contributed by atoms with Crippen LogP contribution in [0.5, 0.6) is 0 Å². The van der Waals surface area contributed by atoms with E-state index in [0.29, 0.717) is 17.8 Å². The summed E-state index contributed by atoms with van der Waals surface area (Å²) >= 11 is 0. The van der Waals surface area contributed by atoms with E-state index in [-0.39, 0.29) is 5.92 Å². The van der Waals surface area contributed by atoms with E-state index in [1.165, 1.54) is 36.0 Å². The molecule has 2 aliphatic carbocycles. The number of amides is 1. The second kappa shape index (κ2) is 13.1. The number of oxime groups is 1. The van der Waals surface area contributed by atoms with Gasteiger partial charge in [-0.15, -0.1) is 0 Å². The summed E-state index contributed by atoms with van der Waals surface area (Å²) in [4.78, 5) is 26.9. The van der Waals surface area contributed by atoms with Gasteiger partial charge in [0.2, 0.25) is 5.91 Å². The highest BCUT2D eigenvalue weighted by molar-refractivity contribution is 5.80. The minimum atomic E-state index is 0.165. The maximum absolute atomic E-state index is 12.8. The molecule has 36 heavy (non-hydrogen) atoms. The van der Waals surface area contributed by atoms with Crippen LogP contribution < -0.4 is 0 Å². The number of hydrogen-bond acceptors (Lipinski definition) is 4. The highest BCUT2D eigenvalue weighted by atomic mass is 16.6. The van der Waals surface area contributed by atoms with Crippen LogP contribution in [0, 0.1) is 17.8 Å². The molecule has 2 atom stereocenters. The minimum absolute atomic E-state index is 0.165. The third-order valence-electron chi connectivity index (χ3n) is 8.25. The molecule has 1 amide bonds. The van der Waals surface area contributed by atoms with Gasteiger partial charge in [-0.25, -0.2) is 4.99 Å². The Morgan fingerprint density at radius 3 is 2.56 bits per heavy atom. The highest BCUT2D eigenvalue weighted by Crippen LogP contribution is 2.35. The van der Waals surface area contributed by atoms with Crippen LogP contribution in [-0.2, 0) is 9.63 Å². The van der Waals surface area contributed by atoms with Crippen molar-refractivity contribution in [3.63, 3.8) is 0 Å². The first-order valence-electron chi connectivity index (χ1n) is 14.0. The summed E-state index contributed by atoms with van der Waals surface area (Å²) in [6.07, 6.45) is 20.3. The van der Waals surface area contributed by atoms with E-state index in [0.717, 1.165) is 83.6 Å². The SMILES string of the molecule is C=NOC(=NCCC)N1CCC(CCC2=CCC(C3=CCC(C(=O)N4CCC(=C)C4)CC3)C=C2)CC1. The zero-order valence-electron chi connectivity index (χ0n) is 22.2. The molecule has 2 fully saturated rings. The number of hydrogen-bond donors (Lipinski definition) is 0. The van der Waals surface area contributed by atoms with Crippen LogP contribution in [0.1, 0.15) is 71.1 Å². The number of nitrogens with zero attached hydrogens (tertiary/aromatic N) is 4. The number of rotatable bonds is 8. The Morgan fingerprint density at radius 1 is 1.11 bits per heavy atom. The predicted octanol–water partition coefficient (Wildman–Crippen LogP) is 5.89. The molecule has 2 saturated heterocycles. The van der Waals surface area contributed by atoms with E-state index in [4.69, 9.17) is 4.84 Å². The molecule has 0 aromatic carbocycles. The van der Waals surface area contributed by atoms with Crippen molar-refractivity contribution < 1.29 is 9.63 Å². The van der Waals surface area contributed by atoms with E-state index in [1.807, 2.05) is 4.90 Å². The molecule has 2 aliphatic heterocycles. The maximum atomic E-state index is 12.8. The second-order valence-electron chi connectivity index (χ2n) is 10.8. The lowest BCUT2D eigenvalue weighted by atomic mass is 9.79. The molecular weight excluding hydrogens is 448 g/mol. The normalized spacial score (nSPS) is 25.6. The molecule has 0 aromatic rings. The van der Waals surface area contributed by atoms with Gasteiger partial charge in [0.15, 0.2) is 0 Å². The number of allylic oxidation sites excluding steroid dienone is 6. The zero-order valence-corrected chi connectivity index (χ0v) is 22.2. The zero-order chi connectivity index (χ0) is 25.3. The lowest BCUT2D eigenvalue weighted by molar-refractivity contribution is -0.134. The second-order valence-corrected chi connectivity index (χ2v) is 10.8. The molecule has 0 saturated carbocycles. The van der Waals surface area contributed by atoms with Crippen LogP contribution in [0.3, 0.4) is 0 Å². The Kier molecular flexibility index (Phi) is 9.60. The van der Waals surface area contributed by atoms with Crippen molar-refractivity contribution >= 4 is 18.6 Å². The van der Waals surface area contributed by atoms with Gasteiger partial charge >= 0.3 is 6.02 Å². The van der Waals surface area contributed by atoms with E-state index in [1.54, 1.807) is 0 Å². The van der Waals surface area contributed by atoms with Crippen LogP contribution in [0.15, 0.2) is 57.8 Å².